The first-order chi connectivity index (χ1) is 9.34. The van der Waals surface area contributed by atoms with Gasteiger partial charge in [-0.2, -0.15) is 13.2 Å². The lowest BCUT2D eigenvalue weighted by Crippen LogP contribution is -2.20. The third-order valence-corrected chi connectivity index (χ3v) is 2.43. The zero-order chi connectivity index (χ0) is 15.2. The van der Waals surface area contributed by atoms with Crippen molar-refractivity contribution in [2.24, 2.45) is 5.73 Å². The number of hydrogen-bond acceptors (Lipinski definition) is 2. The van der Waals surface area contributed by atoms with E-state index in [1.807, 2.05) is 0 Å². The predicted octanol–water partition coefficient (Wildman–Crippen LogP) is 2.39. The number of rotatable bonds is 5. The molecule has 3 N–H and O–H groups in total. The van der Waals surface area contributed by atoms with Crippen molar-refractivity contribution >= 4 is 5.91 Å². The minimum Gasteiger partial charge on any atom is -0.348 e. The third kappa shape index (κ3) is 5.00. The molecule has 0 aliphatic carbocycles. The molecule has 20 heavy (non-hydrogen) atoms. The van der Waals surface area contributed by atoms with Crippen molar-refractivity contribution in [1.29, 1.82) is 0 Å². The largest absolute Gasteiger partial charge is 0.423 e. The van der Waals surface area contributed by atoms with E-state index in [9.17, 15) is 22.4 Å². The summed E-state index contributed by atoms with van der Waals surface area (Å²) in [6.07, 6.45) is -5.19. The van der Waals surface area contributed by atoms with Crippen molar-refractivity contribution < 1.29 is 22.4 Å². The standard InChI is InChI=1S/C13H14F4N2O/c14-12(13(15,16)17)10-5-3-9(4-6-10)8-19-11(20)2-1-7-18/h1-6,12H,7-8,18H2,(H,19,20)/b2-1+. The summed E-state index contributed by atoms with van der Waals surface area (Å²) in [5.41, 5.74) is 5.27. The van der Waals surface area contributed by atoms with Crippen LogP contribution in [0.4, 0.5) is 17.6 Å². The van der Waals surface area contributed by atoms with Crippen LogP contribution in [0.25, 0.3) is 0 Å². The van der Waals surface area contributed by atoms with Crippen molar-refractivity contribution in [2.75, 3.05) is 6.54 Å². The van der Waals surface area contributed by atoms with Crippen LogP contribution in [0.5, 0.6) is 0 Å². The normalized spacial score (nSPS) is 13.4. The second-order valence-electron chi connectivity index (χ2n) is 4.00. The summed E-state index contributed by atoms with van der Waals surface area (Å²) in [6, 6.07) is 4.77. The van der Waals surface area contributed by atoms with Gasteiger partial charge in [0.1, 0.15) is 0 Å². The van der Waals surface area contributed by atoms with E-state index in [0.717, 1.165) is 12.1 Å². The molecule has 0 spiro atoms. The Morgan fingerprint density at radius 2 is 1.90 bits per heavy atom. The van der Waals surface area contributed by atoms with Crippen molar-refractivity contribution in [1.82, 2.24) is 5.32 Å². The molecule has 0 saturated heterocycles. The van der Waals surface area contributed by atoms with Crippen molar-refractivity contribution in [2.45, 2.75) is 18.9 Å². The van der Waals surface area contributed by atoms with Gasteiger partial charge in [-0.05, 0) is 11.1 Å². The van der Waals surface area contributed by atoms with E-state index in [-0.39, 0.29) is 19.0 Å². The van der Waals surface area contributed by atoms with Crippen LogP contribution in [0.15, 0.2) is 36.4 Å². The predicted molar refractivity (Wildman–Crippen MR) is 66.4 cm³/mol. The molecule has 0 bridgehead atoms. The molecule has 1 amide bonds. The number of carbonyl (C=O) groups is 1. The van der Waals surface area contributed by atoms with Crippen LogP contribution in [0.1, 0.15) is 17.3 Å². The summed E-state index contributed by atoms with van der Waals surface area (Å²) in [7, 11) is 0. The van der Waals surface area contributed by atoms with E-state index in [4.69, 9.17) is 5.73 Å². The maximum absolute atomic E-state index is 13.0. The molecular formula is C13H14F4N2O. The number of halogens is 4. The first-order valence-electron chi connectivity index (χ1n) is 5.78. The molecule has 1 aromatic carbocycles. The van der Waals surface area contributed by atoms with E-state index in [1.165, 1.54) is 24.3 Å². The van der Waals surface area contributed by atoms with Gasteiger partial charge in [-0.1, -0.05) is 30.3 Å². The van der Waals surface area contributed by atoms with Crippen LogP contribution in [0.2, 0.25) is 0 Å². The second kappa shape index (κ2) is 7.04. The highest BCUT2D eigenvalue weighted by Gasteiger charge is 2.41. The maximum atomic E-state index is 13.0. The molecule has 7 heteroatoms. The van der Waals surface area contributed by atoms with Gasteiger partial charge < -0.3 is 11.1 Å². The molecule has 1 atom stereocenters. The van der Waals surface area contributed by atoms with E-state index in [2.05, 4.69) is 5.32 Å². The lowest BCUT2D eigenvalue weighted by molar-refractivity contribution is -0.182. The Bertz CT molecular complexity index is 468. The lowest BCUT2D eigenvalue weighted by atomic mass is 10.1. The Hall–Kier alpha value is -1.89. The van der Waals surface area contributed by atoms with Crippen molar-refractivity contribution in [3.05, 3.63) is 47.5 Å². The summed E-state index contributed by atoms with van der Waals surface area (Å²) in [6.45, 7) is 0.369. The van der Waals surface area contributed by atoms with Gasteiger partial charge in [0, 0.05) is 19.2 Å². The summed E-state index contributed by atoms with van der Waals surface area (Å²) in [4.78, 5) is 11.2. The Morgan fingerprint density at radius 3 is 2.40 bits per heavy atom. The zero-order valence-electron chi connectivity index (χ0n) is 10.5. The van der Waals surface area contributed by atoms with Crippen LogP contribution in [-0.4, -0.2) is 18.6 Å². The monoisotopic (exact) mass is 290 g/mol. The molecule has 3 nitrogen and oxygen atoms in total. The average molecular weight is 290 g/mol. The molecule has 0 heterocycles. The number of carbonyl (C=O) groups excluding carboxylic acids is 1. The number of benzene rings is 1. The smallest absolute Gasteiger partial charge is 0.348 e. The molecule has 0 aliphatic rings. The molecule has 1 unspecified atom stereocenters. The van der Waals surface area contributed by atoms with Gasteiger partial charge in [0.05, 0.1) is 0 Å². The van der Waals surface area contributed by atoms with Gasteiger partial charge in [-0.25, -0.2) is 4.39 Å². The van der Waals surface area contributed by atoms with E-state index < -0.39 is 17.9 Å². The fourth-order valence-electron chi connectivity index (χ4n) is 1.42. The number of nitrogens with two attached hydrogens (primary N) is 1. The highest BCUT2D eigenvalue weighted by Crippen LogP contribution is 2.35. The fourth-order valence-corrected chi connectivity index (χ4v) is 1.42. The fraction of sp³-hybridized carbons (Fsp3) is 0.308. The van der Waals surface area contributed by atoms with Gasteiger partial charge >= 0.3 is 6.18 Å². The summed E-state index contributed by atoms with van der Waals surface area (Å²) >= 11 is 0. The third-order valence-electron chi connectivity index (χ3n) is 2.43. The SMILES string of the molecule is NC/C=C/C(=O)NCc1ccc(C(F)C(F)(F)F)cc1. The summed E-state index contributed by atoms with van der Waals surface area (Å²) in [5, 5.41) is 2.52. The molecular weight excluding hydrogens is 276 g/mol. The Kier molecular flexibility index (Phi) is 5.69. The van der Waals surface area contributed by atoms with Gasteiger partial charge in [0.2, 0.25) is 12.1 Å². The Balaban J connectivity index is 2.59. The first kappa shape index (κ1) is 16.2. The number of alkyl halides is 4. The molecule has 0 fully saturated rings. The highest BCUT2D eigenvalue weighted by atomic mass is 19.4. The number of hydrogen-bond donors (Lipinski definition) is 2. The molecule has 0 saturated carbocycles. The number of amides is 1. The minimum absolute atomic E-state index is 0.136. The Labute approximate surface area is 113 Å². The lowest BCUT2D eigenvalue weighted by Gasteiger charge is -2.12. The van der Waals surface area contributed by atoms with E-state index in [0.29, 0.717) is 5.56 Å². The molecule has 110 valence electrons. The summed E-state index contributed by atoms with van der Waals surface area (Å²) in [5.74, 6) is -0.363. The van der Waals surface area contributed by atoms with Crippen LogP contribution in [-0.2, 0) is 11.3 Å². The van der Waals surface area contributed by atoms with Crippen molar-refractivity contribution in [3.8, 4) is 0 Å². The average Bonchev–Trinajstić information content (AvgIpc) is 2.41. The van der Waals surface area contributed by atoms with Crippen molar-refractivity contribution in [3.63, 3.8) is 0 Å². The topological polar surface area (TPSA) is 55.1 Å². The van der Waals surface area contributed by atoms with Gasteiger partial charge in [-0.15, -0.1) is 0 Å². The molecule has 0 radical (unpaired) electrons. The van der Waals surface area contributed by atoms with E-state index in [1.54, 1.807) is 0 Å². The van der Waals surface area contributed by atoms with Crippen LogP contribution in [0, 0.1) is 0 Å². The highest BCUT2D eigenvalue weighted by molar-refractivity contribution is 5.87. The first-order valence-corrected chi connectivity index (χ1v) is 5.78. The Morgan fingerprint density at radius 1 is 1.30 bits per heavy atom. The molecule has 0 aromatic heterocycles. The zero-order valence-corrected chi connectivity index (χ0v) is 10.5. The second-order valence-corrected chi connectivity index (χ2v) is 4.00. The van der Waals surface area contributed by atoms with Gasteiger partial charge in [0.15, 0.2) is 0 Å². The number of nitrogens with one attached hydrogen (secondary N) is 1. The minimum atomic E-state index is -4.91. The van der Waals surface area contributed by atoms with Gasteiger partial charge in [-0.3, -0.25) is 4.79 Å². The van der Waals surface area contributed by atoms with Crippen LogP contribution >= 0.6 is 0 Å². The van der Waals surface area contributed by atoms with Gasteiger partial charge in [0.25, 0.3) is 0 Å². The molecule has 1 rings (SSSR count). The molecule has 0 aliphatic heterocycles. The van der Waals surface area contributed by atoms with Crippen LogP contribution < -0.4 is 11.1 Å². The quantitative estimate of drug-likeness (QED) is 0.646. The molecule has 1 aromatic rings. The van der Waals surface area contributed by atoms with E-state index >= 15 is 0 Å². The van der Waals surface area contributed by atoms with Crippen LogP contribution in [0.3, 0.4) is 0 Å². The summed E-state index contributed by atoms with van der Waals surface area (Å²) < 4.78 is 49.5. The maximum Gasteiger partial charge on any atom is 0.423 e.